The van der Waals surface area contributed by atoms with Crippen LogP contribution in [0.5, 0.6) is 5.75 Å². The van der Waals surface area contributed by atoms with E-state index in [0.717, 1.165) is 16.5 Å². The maximum Gasteiger partial charge on any atom is 0.393 e. The first-order valence-corrected chi connectivity index (χ1v) is 4.27. The SMILES string of the molecule is COc1ccc([N+]#N)c2ccccc12. The molecule has 14 heavy (non-hydrogen) atoms. The quantitative estimate of drug-likeness (QED) is 0.639. The van der Waals surface area contributed by atoms with Crippen LogP contribution in [0.4, 0.5) is 5.69 Å². The molecule has 0 atom stereocenters. The minimum Gasteiger partial charge on any atom is -0.496 e. The summed E-state index contributed by atoms with van der Waals surface area (Å²) in [5.41, 5.74) is 0.557. The molecule has 0 aliphatic heterocycles. The standard InChI is InChI=1S/C11H9N2O/c1-14-11-7-6-10(13-12)8-4-2-3-5-9(8)11/h2-7H,1H3/q+1. The van der Waals surface area contributed by atoms with Gasteiger partial charge in [0.15, 0.2) is 4.98 Å². The van der Waals surface area contributed by atoms with Crippen LogP contribution >= 0.6 is 0 Å². The number of rotatable bonds is 1. The van der Waals surface area contributed by atoms with E-state index in [4.69, 9.17) is 10.1 Å². The highest BCUT2D eigenvalue weighted by molar-refractivity contribution is 5.98. The molecule has 2 aromatic carbocycles. The van der Waals surface area contributed by atoms with E-state index < -0.39 is 0 Å². The fraction of sp³-hybridized carbons (Fsp3) is 0.0909. The van der Waals surface area contributed by atoms with Gasteiger partial charge >= 0.3 is 5.69 Å². The van der Waals surface area contributed by atoms with E-state index in [1.54, 1.807) is 19.2 Å². The number of hydrogen-bond donors (Lipinski definition) is 0. The van der Waals surface area contributed by atoms with Gasteiger partial charge in [0.05, 0.1) is 12.5 Å². The Kier molecular flexibility index (Phi) is 2.04. The monoisotopic (exact) mass is 185 g/mol. The lowest BCUT2D eigenvalue weighted by Gasteiger charge is -2.01. The van der Waals surface area contributed by atoms with E-state index in [1.165, 1.54) is 0 Å². The third-order valence-corrected chi connectivity index (χ3v) is 2.19. The highest BCUT2D eigenvalue weighted by atomic mass is 16.5. The largest absolute Gasteiger partial charge is 0.496 e. The summed E-state index contributed by atoms with van der Waals surface area (Å²) in [6, 6.07) is 11.2. The minimum absolute atomic E-state index is 0.557. The minimum atomic E-state index is 0.557. The Hall–Kier alpha value is -2.08. The summed E-state index contributed by atoms with van der Waals surface area (Å²) in [4.78, 5) is 3.22. The first-order chi connectivity index (χ1) is 6.86. The molecule has 0 bridgehead atoms. The van der Waals surface area contributed by atoms with Crippen molar-refractivity contribution in [2.45, 2.75) is 0 Å². The smallest absolute Gasteiger partial charge is 0.393 e. The Balaban J connectivity index is 2.87. The van der Waals surface area contributed by atoms with Gasteiger partial charge in [-0.25, -0.2) is 0 Å². The molecule has 0 unspecified atom stereocenters. The zero-order valence-corrected chi connectivity index (χ0v) is 7.77. The zero-order chi connectivity index (χ0) is 9.97. The molecule has 0 spiro atoms. The van der Waals surface area contributed by atoms with Crippen molar-refractivity contribution in [3.63, 3.8) is 0 Å². The number of ether oxygens (including phenoxy) is 1. The zero-order valence-electron chi connectivity index (χ0n) is 7.77. The topological polar surface area (TPSA) is 37.4 Å². The molecule has 0 saturated heterocycles. The van der Waals surface area contributed by atoms with Crippen LogP contribution in [0.15, 0.2) is 36.4 Å². The van der Waals surface area contributed by atoms with Crippen molar-refractivity contribution in [1.29, 1.82) is 5.39 Å². The molecule has 0 fully saturated rings. The van der Waals surface area contributed by atoms with Crippen LogP contribution in [0.2, 0.25) is 0 Å². The fourth-order valence-electron chi connectivity index (χ4n) is 1.52. The van der Waals surface area contributed by atoms with Crippen LogP contribution in [-0.4, -0.2) is 7.11 Å². The molecule has 0 radical (unpaired) electrons. The second-order valence-electron chi connectivity index (χ2n) is 2.93. The lowest BCUT2D eigenvalue weighted by atomic mass is 10.1. The molecule has 0 aliphatic carbocycles. The lowest BCUT2D eigenvalue weighted by Crippen LogP contribution is -1.84. The fourth-order valence-corrected chi connectivity index (χ4v) is 1.52. The van der Waals surface area contributed by atoms with Gasteiger partial charge in [-0.15, -0.1) is 0 Å². The Bertz CT molecular complexity index is 514. The van der Waals surface area contributed by atoms with E-state index in [2.05, 4.69) is 4.98 Å². The molecular weight excluding hydrogens is 176 g/mol. The molecule has 0 amide bonds. The highest BCUT2D eigenvalue weighted by Gasteiger charge is 2.13. The summed E-state index contributed by atoms with van der Waals surface area (Å²) in [6.07, 6.45) is 0. The van der Waals surface area contributed by atoms with E-state index >= 15 is 0 Å². The van der Waals surface area contributed by atoms with Gasteiger partial charge in [-0.2, -0.15) is 0 Å². The van der Waals surface area contributed by atoms with Crippen molar-refractivity contribution in [3.8, 4) is 5.75 Å². The van der Waals surface area contributed by atoms with Gasteiger partial charge in [0.1, 0.15) is 5.75 Å². The van der Waals surface area contributed by atoms with E-state index in [-0.39, 0.29) is 0 Å². The lowest BCUT2D eigenvalue weighted by molar-refractivity contribution is 0.420. The summed E-state index contributed by atoms with van der Waals surface area (Å²) < 4.78 is 5.20. The van der Waals surface area contributed by atoms with Gasteiger partial charge < -0.3 is 4.74 Å². The van der Waals surface area contributed by atoms with E-state index in [0.29, 0.717) is 5.69 Å². The van der Waals surface area contributed by atoms with Crippen molar-refractivity contribution < 1.29 is 4.74 Å². The Morgan fingerprint density at radius 3 is 2.43 bits per heavy atom. The molecule has 0 saturated carbocycles. The van der Waals surface area contributed by atoms with Crippen LogP contribution in [0.1, 0.15) is 0 Å². The van der Waals surface area contributed by atoms with E-state index in [1.807, 2.05) is 24.3 Å². The molecule has 2 aromatic rings. The van der Waals surface area contributed by atoms with Gasteiger partial charge in [0.2, 0.25) is 5.39 Å². The molecule has 0 aromatic heterocycles. The van der Waals surface area contributed by atoms with Crippen molar-refractivity contribution in [2.24, 2.45) is 0 Å². The van der Waals surface area contributed by atoms with Crippen molar-refractivity contribution in [3.05, 3.63) is 41.4 Å². The van der Waals surface area contributed by atoms with Crippen LogP contribution in [0.3, 0.4) is 0 Å². The van der Waals surface area contributed by atoms with Gasteiger partial charge in [-0.3, -0.25) is 0 Å². The van der Waals surface area contributed by atoms with E-state index in [9.17, 15) is 0 Å². The molecular formula is C11H9N2O+. The summed E-state index contributed by atoms with van der Waals surface area (Å²) in [7, 11) is 1.62. The molecule has 2 rings (SSSR count). The highest BCUT2D eigenvalue weighted by Crippen LogP contribution is 2.32. The number of nitrogens with zero attached hydrogens (tertiary/aromatic N) is 2. The van der Waals surface area contributed by atoms with Gasteiger partial charge in [-0.1, -0.05) is 18.2 Å². The first kappa shape index (κ1) is 8.52. The predicted octanol–water partition coefficient (Wildman–Crippen LogP) is 3.33. The molecule has 3 nitrogen and oxygen atoms in total. The number of hydrogen-bond acceptors (Lipinski definition) is 2. The molecule has 68 valence electrons. The van der Waals surface area contributed by atoms with Gasteiger partial charge in [-0.05, 0) is 12.1 Å². The number of fused-ring (bicyclic) bond motifs is 1. The predicted molar refractivity (Wildman–Crippen MR) is 55.2 cm³/mol. The second kappa shape index (κ2) is 3.35. The molecule has 0 N–H and O–H groups in total. The second-order valence-corrected chi connectivity index (χ2v) is 2.93. The molecule has 3 heteroatoms. The average molecular weight is 185 g/mol. The van der Waals surface area contributed by atoms with Gasteiger partial charge in [0, 0.05) is 11.5 Å². The average Bonchev–Trinajstić information content (AvgIpc) is 2.27. The summed E-state index contributed by atoms with van der Waals surface area (Å²) in [5, 5.41) is 10.6. The summed E-state index contributed by atoms with van der Waals surface area (Å²) >= 11 is 0. The normalized spacial score (nSPS) is 9.71. The first-order valence-electron chi connectivity index (χ1n) is 4.27. The number of diazo groups is 1. The van der Waals surface area contributed by atoms with Crippen molar-refractivity contribution in [1.82, 2.24) is 0 Å². The van der Waals surface area contributed by atoms with Crippen molar-refractivity contribution in [2.75, 3.05) is 7.11 Å². The maximum absolute atomic E-state index is 8.78. The third-order valence-electron chi connectivity index (χ3n) is 2.19. The number of methoxy groups -OCH3 is 1. The maximum atomic E-state index is 8.78. The van der Waals surface area contributed by atoms with Crippen LogP contribution in [0.25, 0.3) is 15.7 Å². The third kappa shape index (κ3) is 1.17. The van der Waals surface area contributed by atoms with Crippen molar-refractivity contribution >= 4 is 16.5 Å². The Morgan fingerprint density at radius 1 is 1.07 bits per heavy atom. The van der Waals surface area contributed by atoms with Crippen LogP contribution < -0.4 is 4.74 Å². The van der Waals surface area contributed by atoms with Gasteiger partial charge in [0.25, 0.3) is 0 Å². The summed E-state index contributed by atoms with van der Waals surface area (Å²) in [5.74, 6) is 0.785. The van der Waals surface area contributed by atoms with Crippen LogP contribution in [0, 0.1) is 5.39 Å². The molecule has 0 aliphatic rings. The molecule has 0 heterocycles. The Morgan fingerprint density at radius 2 is 1.79 bits per heavy atom. The Labute approximate surface area is 81.6 Å². The number of benzene rings is 2. The summed E-state index contributed by atoms with van der Waals surface area (Å²) in [6.45, 7) is 0. The van der Waals surface area contributed by atoms with Crippen LogP contribution in [-0.2, 0) is 0 Å².